The third kappa shape index (κ3) is 6.19. The van der Waals surface area contributed by atoms with Gasteiger partial charge in [-0.25, -0.2) is 8.42 Å². The minimum absolute atomic E-state index is 0.0263. The summed E-state index contributed by atoms with van der Waals surface area (Å²) in [7, 11) is -5.51. The molecule has 0 saturated heterocycles. The lowest BCUT2D eigenvalue weighted by Crippen LogP contribution is -2.23. The van der Waals surface area contributed by atoms with E-state index in [1.54, 1.807) is 12.1 Å². The van der Waals surface area contributed by atoms with E-state index in [2.05, 4.69) is 5.32 Å². The SMILES string of the molecule is O=C(Cc1ccc(S(=O)(=O)C(F)(F)F)cc1)c1cc(NC(=O)C2C(c3cc(Cl)cc(Cl)c3)C2(Cl)Cl)ccc1Cl. The number of hydrogen-bond acceptors (Lipinski definition) is 4. The molecule has 14 heteroatoms. The van der Waals surface area contributed by atoms with E-state index < -0.39 is 48.1 Å². The molecule has 1 saturated carbocycles. The molecular formula is C25H15Cl5F3NO4S. The van der Waals surface area contributed by atoms with Gasteiger partial charge in [0.1, 0.15) is 4.33 Å². The number of nitrogens with one attached hydrogen (secondary N) is 1. The van der Waals surface area contributed by atoms with Crippen molar-refractivity contribution in [3.05, 3.63) is 92.4 Å². The Morgan fingerprint density at radius 1 is 0.897 bits per heavy atom. The Kier molecular flexibility index (Phi) is 8.27. The standard InChI is InChI=1S/C25H15Cl5F3NO4S/c26-14-8-13(9-15(27)10-14)21-22(24(21,29)30)23(36)34-16-3-6-19(28)18(11-16)20(35)7-12-1-4-17(5-2-12)39(37,38)25(31,32)33/h1-6,8-11,21-22H,7H2,(H,34,36). The van der Waals surface area contributed by atoms with Crippen LogP contribution < -0.4 is 5.32 Å². The van der Waals surface area contributed by atoms with Gasteiger partial charge in [-0.3, -0.25) is 9.59 Å². The summed E-state index contributed by atoms with van der Waals surface area (Å²) in [6, 6.07) is 12.7. The van der Waals surface area contributed by atoms with Gasteiger partial charge in [0, 0.05) is 33.6 Å². The van der Waals surface area contributed by atoms with Crippen LogP contribution in [0, 0.1) is 5.92 Å². The third-order valence-corrected chi connectivity index (χ3v) is 9.23. The highest BCUT2D eigenvalue weighted by molar-refractivity contribution is 7.92. The number of Topliss-reactive ketones (excluding diaryl/α,β-unsaturated/α-hetero) is 1. The maximum Gasteiger partial charge on any atom is 0.501 e. The van der Waals surface area contributed by atoms with Gasteiger partial charge in [-0.1, -0.05) is 46.9 Å². The molecular weight excluding hydrogens is 645 g/mol. The highest BCUT2D eigenvalue weighted by Crippen LogP contribution is 2.65. The Balaban J connectivity index is 1.48. The van der Waals surface area contributed by atoms with Crippen LogP contribution in [0.15, 0.2) is 65.6 Å². The topological polar surface area (TPSA) is 80.3 Å². The van der Waals surface area contributed by atoms with Crippen LogP contribution in [-0.2, 0) is 21.1 Å². The highest BCUT2D eigenvalue weighted by atomic mass is 35.5. The number of halogens is 8. The molecule has 3 aromatic carbocycles. The van der Waals surface area contributed by atoms with Gasteiger partial charge in [-0.05, 0) is 59.7 Å². The third-order valence-electron chi connectivity index (χ3n) is 6.02. The molecule has 0 heterocycles. The summed E-state index contributed by atoms with van der Waals surface area (Å²) in [5.41, 5.74) is -4.37. The van der Waals surface area contributed by atoms with Gasteiger partial charge in [0.15, 0.2) is 5.78 Å². The van der Waals surface area contributed by atoms with Gasteiger partial charge < -0.3 is 5.32 Å². The molecule has 2 atom stereocenters. The van der Waals surface area contributed by atoms with Gasteiger partial charge >= 0.3 is 5.51 Å². The number of carbonyl (C=O) groups excluding carboxylic acids is 2. The lowest BCUT2D eigenvalue weighted by molar-refractivity contribution is -0.117. The lowest BCUT2D eigenvalue weighted by atomic mass is 10.0. The first-order valence-corrected chi connectivity index (χ1v) is 14.3. The Morgan fingerprint density at radius 3 is 2.05 bits per heavy atom. The predicted octanol–water partition coefficient (Wildman–Crippen LogP) is 7.89. The van der Waals surface area contributed by atoms with Crippen molar-refractivity contribution < 1.29 is 31.2 Å². The highest BCUT2D eigenvalue weighted by Gasteiger charge is 2.67. The van der Waals surface area contributed by atoms with Gasteiger partial charge in [0.2, 0.25) is 5.91 Å². The summed E-state index contributed by atoms with van der Waals surface area (Å²) in [4.78, 5) is 25.0. The van der Waals surface area contributed by atoms with Gasteiger partial charge in [-0.2, -0.15) is 13.2 Å². The molecule has 5 nitrogen and oxygen atoms in total. The number of carbonyl (C=O) groups is 2. The molecule has 0 radical (unpaired) electrons. The van der Waals surface area contributed by atoms with E-state index >= 15 is 0 Å². The molecule has 1 amide bonds. The number of rotatable bonds is 7. The van der Waals surface area contributed by atoms with E-state index in [0.29, 0.717) is 15.6 Å². The van der Waals surface area contributed by atoms with Crippen LogP contribution in [-0.4, -0.2) is 29.9 Å². The molecule has 206 valence electrons. The summed E-state index contributed by atoms with van der Waals surface area (Å²) < 4.78 is 59.9. The number of ketones is 1. The van der Waals surface area contributed by atoms with Crippen LogP contribution in [0.4, 0.5) is 18.9 Å². The minimum atomic E-state index is -5.51. The van der Waals surface area contributed by atoms with Crippen LogP contribution in [0.3, 0.4) is 0 Å². The zero-order chi connectivity index (χ0) is 28.9. The molecule has 4 rings (SSSR count). The number of alkyl halides is 5. The van der Waals surface area contributed by atoms with Crippen molar-refractivity contribution in [2.75, 3.05) is 5.32 Å². The van der Waals surface area contributed by atoms with Crippen molar-refractivity contribution in [1.82, 2.24) is 0 Å². The summed E-state index contributed by atoms with van der Waals surface area (Å²) in [5, 5.41) is 3.43. The maximum absolute atomic E-state index is 13.0. The molecule has 1 aliphatic rings. The van der Waals surface area contributed by atoms with E-state index in [9.17, 15) is 31.2 Å². The number of anilines is 1. The van der Waals surface area contributed by atoms with E-state index in [1.165, 1.54) is 24.3 Å². The van der Waals surface area contributed by atoms with Crippen molar-refractivity contribution in [2.24, 2.45) is 5.92 Å². The number of amides is 1. The molecule has 2 unspecified atom stereocenters. The second-order valence-corrected chi connectivity index (χ2v) is 13.4. The molecule has 0 spiro atoms. The second-order valence-electron chi connectivity index (χ2n) is 8.71. The van der Waals surface area contributed by atoms with Crippen molar-refractivity contribution in [3.63, 3.8) is 0 Å². The lowest BCUT2D eigenvalue weighted by Gasteiger charge is -2.10. The van der Waals surface area contributed by atoms with Crippen molar-refractivity contribution >= 4 is 85.2 Å². The first-order valence-electron chi connectivity index (χ1n) is 10.9. The Labute approximate surface area is 246 Å². The van der Waals surface area contributed by atoms with E-state index in [4.69, 9.17) is 58.0 Å². The molecule has 1 N–H and O–H groups in total. The van der Waals surface area contributed by atoms with Crippen molar-refractivity contribution in [3.8, 4) is 0 Å². The quantitative estimate of drug-likeness (QED) is 0.207. The average molecular weight is 660 g/mol. The van der Waals surface area contributed by atoms with Gasteiger partial charge in [0.05, 0.1) is 15.8 Å². The maximum atomic E-state index is 13.0. The van der Waals surface area contributed by atoms with Crippen molar-refractivity contribution in [2.45, 2.75) is 27.1 Å². The fraction of sp³-hybridized carbons (Fsp3) is 0.200. The largest absolute Gasteiger partial charge is 0.501 e. The second kappa shape index (κ2) is 10.8. The Morgan fingerprint density at radius 2 is 1.49 bits per heavy atom. The first-order chi connectivity index (χ1) is 18.0. The predicted molar refractivity (Wildman–Crippen MR) is 145 cm³/mol. The summed E-state index contributed by atoms with van der Waals surface area (Å²) >= 11 is 31.0. The minimum Gasteiger partial charge on any atom is -0.326 e. The molecule has 0 bridgehead atoms. The zero-order valence-electron chi connectivity index (χ0n) is 19.2. The zero-order valence-corrected chi connectivity index (χ0v) is 23.8. The monoisotopic (exact) mass is 657 g/mol. The van der Waals surface area contributed by atoms with Crippen molar-refractivity contribution in [1.29, 1.82) is 0 Å². The Hall–Kier alpha value is -2.01. The molecule has 39 heavy (non-hydrogen) atoms. The fourth-order valence-electron chi connectivity index (χ4n) is 4.06. The number of hydrogen-bond donors (Lipinski definition) is 1. The molecule has 1 fully saturated rings. The molecule has 1 aliphatic carbocycles. The van der Waals surface area contributed by atoms with Gasteiger partial charge in [0.25, 0.3) is 9.84 Å². The van der Waals surface area contributed by atoms with Crippen LogP contribution in [0.1, 0.15) is 27.4 Å². The fourth-order valence-corrected chi connectivity index (χ4v) is 6.42. The van der Waals surface area contributed by atoms with Crippen LogP contribution >= 0.6 is 58.0 Å². The molecule has 3 aromatic rings. The smallest absolute Gasteiger partial charge is 0.326 e. The Bertz CT molecular complexity index is 1560. The summed E-state index contributed by atoms with van der Waals surface area (Å²) in [6.07, 6.45) is -0.295. The van der Waals surface area contributed by atoms with Crippen LogP contribution in [0.25, 0.3) is 0 Å². The summed E-state index contributed by atoms with van der Waals surface area (Å²) in [5.74, 6) is -2.49. The first kappa shape index (κ1) is 30.0. The average Bonchev–Trinajstić information content (AvgIpc) is 3.41. The van der Waals surface area contributed by atoms with E-state index in [0.717, 1.165) is 24.3 Å². The van der Waals surface area contributed by atoms with E-state index in [-0.39, 0.29) is 28.3 Å². The van der Waals surface area contributed by atoms with Gasteiger partial charge in [-0.15, -0.1) is 23.2 Å². The molecule has 0 aliphatic heterocycles. The summed E-state index contributed by atoms with van der Waals surface area (Å²) in [6.45, 7) is 0. The number of sulfone groups is 1. The number of benzene rings is 3. The van der Waals surface area contributed by atoms with Crippen LogP contribution in [0.2, 0.25) is 15.1 Å². The molecule has 0 aromatic heterocycles. The normalized spacial score (nSPS) is 18.5. The van der Waals surface area contributed by atoms with Crippen LogP contribution in [0.5, 0.6) is 0 Å². The van der Waals surface area contributed by atoms with E-state index in [1.807, 2.05) is 0 Å².